The Morgan fingerprint density at radius 1 is 1.16 bits per heavy atom. The van der Waals surface area contributed by atoms with Gasteiger partial charge < -0.3 is 10.5 Å². The summed E-state index contributed by atoms with van der Waals surface area (Å²) in [6.45, 7) is 3.00. The van der Waals surface area contributed by atoms with Crippen LogP contribution in [0.3, 0.4) is 0 Å². The van der Waals surface area contributed by atoms with Crippen LogP contribution in [0.2, 0.25) is 0 Å². The van der Waals surface area contributed by atoms with Gasteiger partial charge in [-0.1, -0.05) is 30.3 Å². The predicted molar refractivity (Wildman–Crippen MR) is 119 cm³/mol. The molecule has 5 rings (SSSR count). The van der Waals surface area contributed by atoms with E-state index in [1.807, 2.05) is 29.8 Å². The number of nitrogens with two attached hydrogens (primary N) is 1. The minimum Gasteiger partial charge on any atom is -0.483 e. The molecule has 162 valence electrons. The molecule has 0 unspecified atom stereocenters. The molecule has 2 aromatic carbocycles. The van der Waals surface area contributed by atoms with Gasteiger partial charge in [-0.05, 0) is 25.5 Å². The second-order valence-corrected chi connectivity index (χ2v) is 7.69. The molecule has 0 radical (unpaired) electrons. The maximum atomic E-state index is 13.2. The number of carbonyl (C=O) groups is 2. The summed E-state index contributed by atoms with van der Waals surface area (Å²) in [6.07, 6.45) is 2.56. The maximum absolute atomic E-state index is 13.2. The SMILES string of the molecule is Cc1nn2c(c1-c1cccc3cn[nH]c13)N(C(=O)COc1ccccc1C(N)=O)CCC2. The van der Waals surface area contributed by atoms with Crippen LogP contribution in [0.15, 0.2) is 48.7 Å². The van der Waals surface area contributed by atoms with Crippen molar-refractivity contribution in [3.8, 4) is 16.9 Å². The average Bonchev–Trinajstić information content (AvgIpc) is 3.41. The van der Waals surface area contributed by atoms with Gasteiger partial charge in [-0.15, -0.1) is 0 Å². The zero-order valence-corrected chi connectivity index (χ0v) is 17.5. The molecule has 3 heterocycles. The van der Waals surface area contributed by atoms with Crippen LogP contribution in [0.1, 0.15) is 22.5 Å². The Balaban J connectivity index is 1.50. The van der Waals surface area contributed by atoms with Gasteiger partial charge in [0.2, 0.25) is 0 Å². The number of para-hydroxylation sites is 2. The first-order valence-electron chi connectivity index (χ1n) is 10.4. The number of aromatic amines is 1. The van der Waals surface area contributed by atoms with E-state index in [2.05, 4.69) is 10.2 Å². The quantitative estimate of drug-likeness (QED) is 0.504. The van der Waals surface area contributed by atoms with Gasteiger partial charge in [-0.25, -0.2) is 4.68 Å². The molecule has 0 spiro atoms. The highest BCUT2D eigenvalue weighted by Crippen LogP contribution is 2.39. The molecule has 0 aliphatic carbocycles. The maximum Gasteiger partial charge on any atom is 0.266 e. The lowest BCUT2D eigenvalue weighted by molar-refractivity contribution is -0.120. The molecule has 9 nitrogen and oxygen atoms in total. The number of benzene rings is 2. The van der Waals surface area contributed by atoms with Gasteiger partial charge in [0.05, 0.1) is 23.0 Å². The monoisotopic (exact) mass is 430 g/mol. The van der Waals surface area contributed by atoms with E-state index in [1.54, 1.807) is 35.4 Å². The van der Waals surface area contributed by atoms with Gasteiger partial charge in [-0.2, -0.15) is 10.2 Å². The first kappa shape index (κ1) is 19.8. The van der Waals surface area contributed by atoms with Gasteiger partial charge in [-0.3, -0.25) is 19.6 Å². The summed E-state index contributed by atoms with van der Waals surface area (Å²) in [5, 5.41) is 12.9. The number of primary amides is 1. The molecule has 2 amide bonds. The van der Waals surface area contributed by atoms with Crippen molar-refractivity contribution in [3.63, 3.8) is 0 Å². The summed E-state index contributed by atoms with van der Waals surface area (Å²) < 4.78 is 7.57. The van der Waals surface area contributed by atoms with E-state index in [9.17, 15) is 9.59 Å². The van der Waals surface area contributed by atoms with E-state index in [0.717, 1.165) is 46.5 Å². The molecule has 9 heteroatoms. The lowest BCUT2D eigenvalue weighted by Gasteiger charge is -2.29. The third kappa shape index (κ3) is 3.27. The number of nitrogens with zero attached hydrogens (tertiary/aromatic N) is 4. The van der Waals surface area contributed by atoms with Crippen LogP contribution in [0.4, 0.5) is 5.82 Å². The molecule has 0 bridgehead atoms. The van der Waals surface area contributed by atoms with Crippen LogP contribution < -0.4 is 15.4 Å². The summed E-state index contributed by atoms with van der Waals surface area (Å²) in [7, 11) is 0. The molecule has 0 atom stereocenters. The van der Waals surface area contributed by atoms with Crippen LogP contribution in [0, 0.1) is 6.92 Å². The molecule has 4 aromatic rings. The molecular formula is C23H22N6O3. The summed E-state index contributed by atoms with van der Waals surface area (Å²) in [4.78, 5) is 26.6. The fourth-order valence-electron chi connectivity index (χ4n) is 4.23. The van der Waals surface area contributed by atoms with Gasteiger partial charge in [0.25, 0.3) is 11.8 Å². The van der Waals surface area contributed by atoms with Crippen LogP contribution in [0.25, 0.3) is 22.0 Å². The Morgan fingerprint density at radius 3 is 2.84 bits per heavy atom. The number of ether oxygens (including phenoxy) is 1. The Kier molecular flexibility index (Phi) is 4.85. The minimum absolute atomic E-state index is 0.219. The highest BCUT2D eigenvalue weighted by atomic mass is 16.5. The standard InChI is InChI=1S/C23H22N6O3/c1-14-20(17-8-4-6-15-12-25-26-21(15)17)23-28(10-5-11-29(23)27-14)19(30)13-32-18-9-3-2-7-16(18)22(24)31/h2-4,6-9,12H,5,10-11,13H2,1H3,(H2,24,31)(H,25,26). The fourth-order valence-corrected chi connectivity index (χ4v) is 4.23. The van der Waals surface area contributed by atoms with E-state index in [1.165, 1.54) is 0 Å². The zero-order valence-electron chi connectivity index (χ0n) is 17.5. The van der Waals surface area contributed by atoms with Crippen molar-refractivity contribution in [2.24, 2.45) is 5.73 Å². The summed E-state index contributed by atoms with van der Waals surface area (Å²) >= 11 is 0. The average molecular weight is 430 g/mol. The Morgan fingerprint density at radius 2 is 2.00 bits per heavy atom. The summed E-state index contributed by atoms with van der Waals surface area (Å²) in [6, 6.07) is 12.6. The van der Waals surface area contributed by atoms with Crippen molar-refractivity contribution in [3.05, 3.63) is 59.9 Å². The largest absolute Gasteiger partial charge is 0.483 e. The van der Waals surface area contributed by atoms with Crippen molar-refractivity contribution in [2.45, 2.75) is 19.9 Å². The first-order valence-corrected chi connectivity index (χ1v) is 10.4. The number of aromatic nitrogens is 4. The normalized spacial score (nSPS) is 13.2. The number of rotatable bonds is 5. The van der Waals surface area contributed by atoms with E-state index in [4.69, 9.17) is 15.6 Å². The molecular weight excluding hydrogens is 408 g/mol. The van der Waals surface area contributed by atoms with Crippen molar-refractivity contribution < 1.29 is 14.3 Å². The number of amides is 2. The lowest BCUT2D eigenvalue weighted by Crippen LogP contribution is -2.40. The molecule has 3 N–H and O–H groups in total. The Bertz CT molecular complexity index is 1340. The number of hydrogen-bond acceptors (Lipinski definition) is 5. The molecule has 2 aromatic heterocycles. The van der Waals surface area contributed by atoms with Gasteiger partial charge in [0.1, 0.15) is 11.6 Å². The number of aryl methyl sites for hydroxylation is 2. The Hall–Kier alpha value is -4.14. The number of hydrogen-bond donors (Lipinski definition) is 2. The third-order valence-electron chi connectivity index (χ3n) is 5.66. The van der Waals surface area contributed by atoms with Crippen molar-refractivity contribution in [1.82, 2.24) is 20.0 Å². The van der Waals surface area contributed by atoms with Crippen LogP contribution in [-0.2, 0) is 11.3 Å². The second kappa shape index (κ2) is 7.84. The van der Waals surface area contributed by atoms with Crippen LogP contribution in [0.5, 0.6) is 5.75 Å². The smallest absolute Gasteiger partial charge is 0.266 e. The van der Waals surface area contributed by atoms with Crippen LogP contribution >= 0.6 is 0 Å². The van der Waals surface area contributed by atoms with Crippen molar-refractivity contribution >= 4 is 28.5 Å². The van der Waals surface area contributed by atoms with Crippen molar-refractivity contribution in [2.75, 3.05) is 18.1 Å². The Labute approximate surface area is 183 Å². The van der Waals surface area contributed by atoms with Gasteiger partial charge in [0, 0.05) is 29.6 Å². The van der Waals surface area contributed by atoms with Crippen LogP contribution in [-0.4, -0.2) is 44.9 Å². The molecule has 0 saturated carbocycles. The molecule has 1 aliphatic heterocycles. The van der Waals surface area contributed by atoms with E-state index < -0.39 is 5.91 Å². The predicted octanol–water partition coefficient (Wildman–Crippen LogP) is 2.65. The molecule has 32 heavy (non-hydrogen) atoms. The highest BCUT2D eigenvalue weighted by Gasteiger charge is 2.30. The first-order chi connectivity index (χ1) is 15.5. The minimum atomic E-state index is -0.602. The van der Waals surface area contributed by atoms with E-state index >= 15 is 0 Å². The van der Waals surface area contributed by atoms with E-state index in [0.29, 0.717) is 6.54 Å². The summed E-state index contributed by atoms with van der Waals surface area (Å²) in [5.41, 5.74) is 9.23. The number of fused-ring (bicyclic) bond motifs is 2. The second-order valence-electron chi connectivity index (χ2n) is 7.69. The number of nitrogens with one attached hydrogen (secondary N) is 1. The highest BCUT2D eigenvalue weighted by molar-refractivity contribution is 6.03. The molecule has 1 aliphatic rings. The zero-order chi connectivity index (χ0) is 22.2. The third-order valence-corrected chi connectivity index (χ3v) is 5.66. The van der Waals surface area contributed by atoms with Gasteiger partial charge >= 0.3 is 0 Å². The molecule has 0 saturated heterocycles. The topological polar surface area (TPSA) is 119 Å². The number of carbonyl (C=O) groups excluding carboxylic acids is 2. The van der Waals surface area contributed by atoms with E-state index in [-0.39, 0.29) is 23.8 Å². The molecule has 0 fully saturated rings. The number of H-pyrrole nitrogens is 1. The summed E-state index contributed by atoms with van der Waals surface area (Å²) in [5.74, 6) is 0.211. The van der Waals surface area contributed by atoms with Crippen molar-refractivity contribution in [1.29, 1.82) is 0 Å². The number of anilines is 1. The van der Waals surface area contributed by atoms with Gasteiger partial charge in [0.15, 0.2) is 6.61 Å². The fraction of sp³-hybridized carbons (Fsp3) is 0.217. The lowest BCUT2D eigenvalue weighted by atomic mass is 10.0.